The van der Waals surface area contributed by atoms with Crippen molar-refractivity contribution in [1.29, 1.82) is 0 Å². The molecule has 0 heterocycles. The topological polar surface area (TPSA) is 94.8 Å². The lowest BCUT2D eigenvalue weighted by atomic mass is 9.81. The van der Waals surface area contributed by atoms with Crippen LogP contribution in [0.25, 0.3) is 0 Å². The Labute approximate surface area is 147 Å². The lowest BCUT2D eigenvalue weighted by Gasteiger charge is -2.24. The van der Waals surface area contributed by atoms with E-state index in [0.717, 1.165) is 11.1 Å². The summed E-state index contributed by atoms with van der Waals surface area (Å²) in [5.74, 6) is -0.523. The first-order valence-corrected chi connectivity index (χ1v) is 8.42. The van der Waals surface area contributed by atoms with E-state index in [4.69, 9.17) is 15.3 Å². The van der Waals surface area contributed by atoms with Crippen LogP contribution in [0.3, 0.4) is 0 Å². The maximum absolute atomic E-state index is 13.1. The molecule has 0 radical (unpaired) electrons. The fraction of sp³-hybridized carbons (Fsp3) is 0.579. The zero-order valence-corrected chi connectivity index (χ0v) is 14.8. The fourth-order valence-corrected chi connectivity index (χ4v) is 2.74. The van der Waals surface area contributed by atoms with E-state index >= 15 is 0 Å². The highest BCUT2D eigenvalue weighted by Gasteiger charge is 2.27. The average Bonchev–Trinajstić information content (AvgIpc) is 2.59. The second kappa shape index (κ2) is 9.75. The molecule has 0 aromatic heterocycles. The van der Waals surface area contributed by atoms with Crippen LogP contribution < -0.4 is 0 Å². The minimum atomic E-state index is -0.667. The van der Waals surface area contributed by atoms with Crippen LogP contribution in [-0.4, -0.2) is 46.7 Å². The van der Waals surface area contributed by atoms with E-state index in [1.807, 2.05) is 13.8 Å². The number of rotatable bonds is 5. The maximum atomic E-state index is 13.1. The van der Waals surface area contributed by atoms with Crippen molar-refractivity contribution in [3.8, 4) is 0 Å². The lowest BCUT2D eigenvalue weighted by Crippen LogP contribution is -2.32. The van der Waals surface area contributed by atoms with Crippen molar-refractivity contribution in [3.05, 3.63) is 35.1 Å². The molecule has 140 valence electrons. The Morgan fingerprint density at radius 1 is 1.08 bits per heavy atom. The molecule has 1 aromatic carbocycles. The highest BCUT2D eigenvalue weighted by molar-refractivity contribution is 6.02. The predicted molar refractivity (Wildman–Crippen MR) is 91.7 cm³/mol. The van der Waals surface area contributed by atoms with Crippen LogP contribution in [0.2, 0.25) is 0 Å². The molecule has 2 rings (SSSR count). The number of carbonyl (C=O) groups excluding carboxylic acids is 2. The van der Waals surface area contributed by atoms with E-state index in [9.17, 15) is 14.0 Å². The standard InChI is InChI=1S/C13H13FO2.C6H14O3/c1-8-2-3-10(14)6-13(8)9-4-11(15)7-12(16)5-9;1-2-6(3-7,4-8)5-9/h2-3,6,9H,4-5,7H2,1H3;7-9H,2-5H2,1H3. The number of hydrogen-bond acceptors (Lipinski definition) is 5. The fourth-order valence-electron chi connectivity index (χ4n) is 2.74. The summed E-state index contributed by atoms with van der Waals surface area (Å²) >= 11 is 0. The van der Waals surface area contributed by atoms with Gasteiger partial charge in [0.05, 0.1) is 26.2 Å². The molecule has 0 bridgehead atoms. The maximum Gasteiger partial charge on any atom is 0.140 e. The summed E-state index contributed by atoms with van der Waals surface area (Å²) in [6.45, 7) is 3.23. The summed E-state index contributed by atoms with van der Waals surface area (Å²) in [6, 6.07) is 4.52. The van der Waals surface area contributed by atoms with Gasteiger partial charge in [0.1, 0.15) is 17.4 Å². The highest BCUT2D eigenvalue weighted by atomic mass is 19.1. The van der Waals surface area contributed by atoms with Gasteiger partial charge in [-0.15, -0.1) is 0 Å². The van der Waals surface area contributed by atoms with Crippen LogP contribution in [-0.2, 0) is 9.59 Å². The van der Waals surface area contributed by atoms with Gasteiger partial charge in [-0.1, -0.05) is 13.0 Å². The Morgan fingerprint density at radius 3 is 2.00 bits per heavy atom. The quantitative estimate of drug-likeness (QED) is 0.702. The van der Waals surface area contributed by atoms with Crippen molar-refractivity contribution in [2.45, 2.75) is 45.4 Å². The van der Waals surface area contributed by atoms with Gasteiger partial charge in [0.2, 0.25) is 0 Å². The number of carbonyl (C=O) groups is 2. The molecule has 25 heavy (non-hydrogen) atoms. The smallest absolute Gasteiger partial charge is 0.140 e. The molecule has 0 unspecified atom stereocenters. The molecule has 1 aliphatic rings. The first-order valence-electron chi connectivity index (χ1n) is 8.42. The van der Waals surface area contributed by atoms with Crippen LogP contribution in [0.5, 0.6) is 0 Å². The summed E-state index contributed by atoms with van der Waals surface area (Å²) in [5, 5.41) is 26.0. The molecular weight excluding hydrogens is 327 g/mol. The number of aryl methyl sites for hydroxylation is 1. The molecule has 0 aliphatic heterocycles. The van der Waals surface area contributed by atoms with Crippen LogP contribution in [0.4, 0.5) is 4.39 Å². The Hall–Kier alpha value is -1.63. The number of hydrogen-bond donors (Lipinski definition) is 3. The molecule has 1 saturated carbocycles. The third kappa shape index (κ3) is 5.99. The minimum Gasteiger partial charge on any atom is -0.396 e. The summed E-state index contributed by atoms with van der Waals surface area (Å²) in [6.07, 6.45) is 1.35. The van der Waals surface area contributed by atoms with Crippen molar-refractivity contribution in [3.63, 3.8) is 0 Å². The Morgan fingerprint density at radius 2 is 1.60 bits per heavy atom. The molecule has 0 saturated heterocycles. The summed E-state index contributed by atoms with van der Waals surface area (Å²) in [7, 11) is 0. The van der Waals surface area contributed by atoms with Crippen molar-refractivity contribution in [1.82, 2.24) is 0 Å². The number of aliphatic hydroxyl groups is 3. The third-order valence-electron chi connectivity index (χ3n) is 4.78. The molecule has 3 N–H and O–H groups in total. The average molecular weight is 354 g/mol. The first-order chi connectivity index (χ1) is 11.8. The lowest BCUT2D eigenvalue weighted by molar-refractivity contribution is -0.130. The molecule has 0 atom stereocenters. The van der Waals surface area contributed by atoms with Gasteiger partial charge in [0, 0.05) is 18.3 Å². The van der Waals surface area contributed by atoms with Crippen LogP contribution in [0.15, 0.2) is 18.2 Å². The van der Waals surface area contributed by atoms with Gasteiger partial charge in [-0.3, -0.25) is 9.59 Å². The van der Waals surface area contributed by atoms with Gasteiger partial charge in [0.15, 0.2) is 0 Å². The van der Waals surface area contributed by atoms with E-state index in [-0.39, 0.29) is 49.5 Å². The van der Waals surface area contributed by atoms with E-state index in [2.05, 4.69) is 0 Å². The monoisotopic (exact) mass is 354 g/mol. The molecule has 0 amide bonds. The van der Waals surface area contributed by atoms with E-state index < -0.39 is 5.41 Å². The van der Waals surface area contributed by atoms with Gasteiger partial charge in [0.25, 0.3) is 0 Å². The SMILES string of the molecule is CCC(CO)(CO)CO.Cc1ccc(F)cc1C1CC(=O)CC(=O)C1. The van der Waals surface area contributed by atoms with E-state index in [1.54, 1.807) is 6.07 Å². The molecule has 0 spiro atoms. The second-order valence-corrected chi connectivity index (χ2v) is 6.69. The zero-order chi connectivity index (χ0) is 19.0. The summed E-state index contributed by atoms with van der Waals surface area (Å²) in [5.41, 5.74) is 1.07. The van der Waals surface area contributed by atoms with E-state index in [1.165, 1.54) is 12.1 Å². The summed E-state index contributed by atoms with van der Waals surface area (Å²) < 4.78 is 13.1. The Kier molecular flexibility index (Phi) is 8.35. The molecule has 1 fully saturated rings. The summed E-state index contributed by atoms with van der Waals surface area (Å²) in [4.78, 5) is 22.7. The number of aliphatic hydroxyl groups excluding tert-OH is 3. The molecular formula is C19H27FO5. The van der Waals surface area contributed by atoms with Crippen molar-refractivity contribution in [2.24, 2.45) is 5.41 Å². The number of Topliss-reactive ketones (excluding diaryl/α,β-unsaturated/α-hetero) is 2. The predicted octanol–water partition coefficient (Wildman–Crippen LogP) is 1.90. The highest BCUT2D eigenvalue weighted by Crippen LogP contribution is 2.31. The molecule has 1 aliphatic carbocycles. The van der Waals surface area contributed by atoms with Crippen LogP contribution in [0, 0.1) is 18.2 Å². The number of ketones is 2. The van der Waals surface area contributed by atoms with Gasteiger partial charge < -0.3 is 15.3 Å². The normalized spacial score (nSPS) is 15.8. The van der Waals surface area contributed by atoms with Gasteiger partial charge >= 0.3 is 0 Å². The van der Waals surface area contributed by atoms with E-state index in [0.29, 0.717) is 19.3 Å². The van der Waals surface area contributed by atoms with Crippen molar-refractivity contribution < 1.29 is 29.3 Å². The molecule has 5 nitrogen and oxygen atoms in total. The number of halogens is 1. The van der Waals surface area contributed by atoms with Crippen molar-refractivity contribution in [2.75, 3.05) is 19.8 Å². The largest absolute Gasteiger partial charge is 0.396 e. The Bertz CT molecular complexity index is 562. The van der Waals surface area contributed by atoms with Crippen LogP contribution in [0.1, 0.15) is 49.7 Å². The van der Waals surface area contributed by atoms with Crippen LogP contribution >= 0.6 is 0 Å². The second-order valence-electron chi connectivity index (χ2n) is 6.69. The molecule has 6 heteroatoms. The minimum absolute atomic E-state index is 0.0371. The van der Waals surface area contributed by atoms with Gasteiger partial charge in [-0.2, -0.15) is 0 Å². The molecule has 1 aromatic rings. The third-order valence-corrected chi connectivity index (χ3v) is 4.78. The Balaban J connectivity index is 0.000000299. The van der Waals surface area contributed by atoms with Crippen molar-refractivity contribution >= 4 is 11.6 Å². The van der Waals surface area contributed by atoms with Gasteiger partial charge in [-0.05, 0) is 42.5 Å². The van der Waals surface area contributed by atoms with Gasteiger partial charge in [-0.25, -0.2) is 4.39 Å². The first kappa shape index (κ1) is 21.4. The zero-order valence-electron chi connectivity index (χ0n) is 14.8. The number of benzene rings is 1.